The molecule has 2 aromatic rings. The molecule has 0 unspecified atom stereocenters. The first-order valence-electron chi connectivity index (χ1n) is 7.65. The number of halogens is 1. The van der Waals surface area contributed by atoms with Crippen molar-refractivity contribution in [1.29, 1.82) is 0 Å². The molecule has 1 amide bonds. The van der Waals surface area contributed by atoms with Gasteiger partial charge < -0.3 is 10.1 Å². The minimum atomic E-state index is -0.402. The zero-order valence-corrected chi connectivity index (χ0v) is 13.8. The Kier molecular flexibility index (Phi) is 5.74. The maximum atomic E-state index is 13.6. The number of carbonyl (C=O) groups is 1. The van der Waals surface area contributed by atoms with E-state index in [9.17, 15) is 9.18 Å². The van der Waals surface area contributed by atoms with E-state index in [2.05, 4.69) is 11.4 Å². The predicted molar refractivity (Wildman–Crippen MR) is 89.0 cm³/mol. The van der Waals surface area contributed by atoms with Gasteiger partial charge in [0, 0.05) is 13.0 Å². The molecule has 4 heteroatoms. The molecule has 0 aliphatic rings. The van der Waals surface area contributed by atoms with Gasteiger partial charge in [0.1, 0.15) is 0 Å². The van der Waals surface area contributed by atoms with Crippen molar-refractivity contribution < 1.29 is 13.9 Å². The van der Waals surface area contributed by atoms with Crippen molar-refractivity contribution >= 4 is 5.91 Å². The molecule has 0 aromatic heterocycles. The number of carbonyl (C=O) groups excluding carboxylic acids is 1. The second-order valence-corrected chi connectivity index (χ2v) is 5.68. The lowest BCUT2D eigenvalue weighted by atomic mass is 10.1. The SMILES string of the molecule is COc1ccc(CCC(=O)NCc2ccc(C)cc2C)cc1F. The highest BCUT2D eigenvalue weighted by atomic mass is 19.1. The number of rotatable bonds is 6. The van der Waals surface area contributed by atoms with Crippen LogP contribution in [0.5, 0.6) is 5.75 Å². The monoisotopic (exact) mass is 315 g/mol. The van der Waals surface area contributed by atoms with Gasteiger partial charge in [-0.15, -0.1) is 0 Å². The molecule has 0 saturated carbocycles. The zero-order valence-electron chi connectivity index (χ0n) is 13.8. The summed E-state index contributed by atoms with van der Waals surface area (Å²) in [5.41, 5.74) is 4.27. The third kappa shape index (κ3) is 4.81. The number of hydrogen-bond acceptors (Lipinski definition) is 2. The van der Waals surface area contributed by atoms with Crippen LogP contribution in [0, 0.1) is 19.7 Å². The van der Waals surface area contributed by atoms with E-state index in [1.54, 1.807) is 12.1 Å². The van der Waals surface area contributed by atoms with Crippen LogP contribution in [0.4, 0.5) is 4.39 Å². The van der Waals surface area contributed by atoms with Gasteiger partial charge in [-0.25, -0.2) is 4.39 Å². The first kappa shape index (κ1) is 17.0. The summed E-state index contributed by atoms with van der Waals surface area (Å²) in [6.07, 6.45) is 0.830. The van der Waals surface area contributed by atoms with Crippen LogP contribution in [0.1, 0.15) is 28.7 Å². The van der Waals surface area contributed by atoms with E-state index >= 15 is 0 Å². The third-order valence-electron chi connectivity index (χ3n) is 3.83. The molecule has 0 spiro atoms. The van der Waals surface area contributed by atoms with Crippen LogP contribution in [-0.4, -0.2) is 13.0 Å². The number of amides is 1. The fourth-order valence-electron chi connectivity index (χ4n) is 2.45. The van der Waals surface area contributed by atoms with Crippen LogP contribution < -0.4 is 10.1 Å². The molecule has 0 atom stereocenters. The lowest BCUT2D eigenvalue weighted by Crippen LogP contribution is -2.23. The Hall–Kier alpha value is -2.36. The molecule has 3 nitrogen and oxygen atoms in total. The molecular weight excluding hydrogens is 293 g/mol. The standard InChI is InChI=1S/C19H22FNO2/c1-13-4-7-16(14(2)10-13)12-21-19(22)9-6-15-5-8-18(23-3)17(20)11-15/h4-5,7-8,10-11H,6,9,12H2,1-3H3,(H,21,22). The van der Waals surface area contributed by atoms with Crippen molar-refractivity contribution in [3.8, 4) is 5.75 Å². The van der Waals surface area contributed by atoms with Gasteiger partial charge in [-0.1, -0.05) is 29.8 Å². The summed E-state index contributed by atoms with van der Waals surface area (Å²) in [5.74, 6) is -0.227. The first-order chi connectivity index (χ1) is 11.0. The molecule has 122 valence electrons. The fraction of sp³-hybridized carbons (Fsp3) is 0.316. The summed E-state index contributed by atoms with van der Waals surface area (Å²) >= 11 is 0. The molecule has 0 bridgehead atoms. The van der Waals surface area contributed by atoms with Crippen molar-refractivity contribution in [2.24, 2.45) is 0 Å². The van der Waals surface area contributed by atoms with Gasteiger partial charge in [0.05, 0.1) is 7.11 Å². The van der Waals surface area contributed by atoms with E-state index in [4.69, 9.17) is 4.74 Å². The largest absolute Gasteiger partial charge is 0.494 e. The minimum Gasteiger partial charge on any atom is -0.494 e. The van der Waals surface area contributed by atoms with E-state index in [0.717, 1.165) is 11.1 Å². The summed E-state index contributed by atoms with van der Waals surface area (Å²) in [4.78, 5) is 11.9. The predicted octanol–water partition coefficient (Wildman–Crippen LogP) is 3.70. The van der Waals surface area contributed by atoms with Crippen LogP contribution >= 0.6 is 0 Å². The van der Waals surface area contributed by atoms with Gasteiger partial charge in [-0.2, -0.15) is 0 Å². The summed E-state index contributed by atoms with van der Waals surface area (Å²) in [7, 11) is 1.43. The van der Waals surface area contributed by atoms with Gasteiger partial charge in [0.15, 0.2) is 11.6 Å². The minimum absolute atomic E-state index is 0.0406. The molecule has 2 rings (SSSR count). The average molecular weight is 315 g/mol. The van der Waals surface area contributed by atoms with Crippen molar-refractivity contribution in [3.63, 3.8) is 0 Å². The van der Waals surface area contributed by atoms with Crippen LogP contribution in [0.3, 0.4) is 0 Å². The fourth-order valence-corrected chi connectivity index (χ4v) is 2.45. The highest BCUT2D eigenvalue weighted by Crippen LogP contribution is 2.18. The maximum absolute atomic E-state index is 13.6. The smallest absolute Gasteiger partial charge is 0.220 e. The van der Waals surface area contributed by atoms with Gasteiger partial charge in [-0.3, -0.25) is 4.79 Å². The number of aryl methyl sites for hydroxylation is 3. The van der Waals surface area contributed by atoms with Crippen molar-refractivity contribution in [2.45, 2.75) is 33.2 Å². The normalized spacial score (nSPS) is 10.4. The van der Waals surface area contributed by atoms with E-state index in [-0.39, 0.29) is 11.7 Å². The molecule has 0 radical (unpaired) electrons. The molecule has 0 aliphatic heterocycles. The van der Waals surface area contributed by atoms with Gasteiger partial charge in [0.2, 0.25) is 5.91 Å². The van der Waals surface area contributed by atoms with E-state index in [1.807, 2.05) is 26.0 Å². The van der Waals surface area contributed by atoms with E-state index in [0.29, 0.717) is 19.4 Å². The van der Waals surface area contributed by atoms with Crippen molar-refractivity contribution in [3.05, 3.63) is 64.5 Å². The lowest BCUT2D eigenvalue weighted by Gasteiger charge is -2.09. The summed E-state index contributed by atoms with van der Waals surface area (Å²) in [6, 6.07) is 10.9. The van der Waals surface area contributed by atoms with Gasteiger partial charge in [-0.05, 0) is 49.1 Å². The average Bonchev–Trinajstić information content (AvgIpc) is 2.52. The number of nitrogens with one attached hydrogen (secondary N) is 1. The first-order valence-corrected chi connectivity index (χ1v) is 7.65. The lowest BCUT2D eigenvalue weighted by molar-refractivity contribution is -0.121. The Balaban J connectivity index is 1.84. The van der Waals surface area contributed by atoms with Gasteiger partial charge in [0.25, 0.3) is 0 Å². The second kappa shape index (κ2) is 7.77. The number of ether oxygens (including phenoxy) is 1. The molecule has 0 heterocycles. The Morgan fingerprint density at radius 1 is 1.17 bits per heavy atom. The Morgan fingerprint density at radius 3 is 2.61 bits per heavy atom. The summed E-state index contributed by atoms with van der Waals surface area (Å²) in [5, 5.41) is 2.91. The molecule has 0 fully saturated rings. The third-order valence-corrected chi connectivity index (χ3v) is 3.83. The van der Waals surface area contributed by atoms with Crippen LogP contribution in [0.15, 0.2) is 36.4 Å². The summed E-state index contributed by atoms with van der Waals surface area (Å²) < 4.78 is 18.5. The number of methoxy groups -OCH3 is 1. The zero-order chi connectivity index (χ0) is 16.8. The van der Waals surface area contributed by atoms with Crippen LogP contribution in [0.25, 0.3) is 0 Å². The highest BCUT2D eigenvalue weighted by Gasteiger charge is 2.07. The van der Waals surface area contributed by atoms with Crippen molar-refractivity contribution in [1.82, 2.24) is 5.32 Å². The van der Waals surface area contributed by atoms with Crippen LogP contribution in [0.2, 0.25) is 0 Å². The maximum Gasteiger partial charge on any atom is 0.220 e. The Morgan fingerprint density at radius 2 is 1.96 bits per heavy atom. The Labute approximate surface area is 136 Å². The molecule has 0 saturated heterocycles. The topological polar surface area (TPSA) is 38.3 Å². The Bertz CT molecular complexity index is 698. The van der Waals surface area contributed by atoms with E-state index in [1.165, 1.54) is 24.3 Å². The number of hydrogen-bond donors (Lipinski definition) is 1. The quantitative estimate of drug-likeness (QED) is 0.882. The van der Waals surface area contributed by atoms with Gasteiger partial charge >= 0.3 is 0 Å². The molecule has 23 heavy (non-hydrogen) atoms. The molecule has 2 aromatic carbocycles. The number of benzene rings is 2. The van der Waals surface area contributed by atoms with Crippen LogP contribution in [-0.2, 0) is 17.8 Å². The highest BCUT2D eigenvalue weighted by molar-refractivity contribution is 5.76. The molecule has 1 N–H and O–H groups in total. The van der Waals surface area contributed by atoms with Crippen molar-refractivity contribution in [2.75, 3.05) is 7.11 Å². The van der Waals surface area contributed by atoms with E-state index < -0.39 is 5.82 Å². The molecular formula is C19H22FNO2. The second-order valence-electron chi connectivity index (χ2n) is 5.68. The summed E-state index contributed by atoms with van der Waals surface area (Å²) in [6.45, 7) is 4.60. The molecule has 0 aliphatic carbocycles.